The van der Waals surface area contributed by atoms with Crippen LogP contribution in [0.1, 0.15) is 21.5 Å². The van der Waals surface area contributed by atoms with E-state index < -0.39 is 0 Å². The summed E-state index contributed by atoms with van der Waals surface area (Å²) in [4.78, 5) is 21.9. The highest BCUT2D eigenvalue weighted by atomic mass is 16.1. The summed E-state index contributed by atoms with van der Waals surface area (Å²) in [6.45, 7) is 4.13. The fraction of sp³-hybridized carbons (Fsp3) is 0.125. The maximum Gasteiger partial charge on any atom is 0.251 e. The highest BCUT2D eigenvalue weighted by molar-refractivity contribution is 5.98. The molecule has 1 amide bonds. The number of fused-ring (bicyclic) bond motifs is 1. The zero-order valence-electron chi connectivity index (χ0n) is 16.2. The molecular formula is C24H21N3O. The van der Waals surface area contributed by atoms with Crippen LogP contribution in [-0.4, -0.2) is 22.9 Å². The van der Waals surface area contributed by atoms with Crippen molar-refractivity contribution in [1.29, 1.82) is 0 Å². The molecule has 0 aliphatic carbocycles. The highest BCUT2D eigenvalue weighted by Crippen LogP contribution is 2.32. The first-order chi connectivity index (χ1) is 13.5. The van der Waals surface area contributed by atoms with Crippen LogP contribution in [0.25, 0.3) is 33.5 Å². The van der Waals surface area contributed by atoms with Gasteiger partial charge in [-0.25, -0.2) is 9.97 Å². The predicted molar refractivity (Wildman–Crippen MR) is 113 cm³/mol. The van der Waals surface area contributed by atoms with Gasteiger partial charge in [-0.2, -0.15) is 0 Å². The maximum absolute atomic E-state index is 12.0. The lowest BCUT2D eigenvalue weighted by Crippen LogP contribution is -2.17. The second-order valence-electron chi connectivity index (χ2n) is 6.94. The quantitative estimate of drug-likeness (QED) is 0.558. The van der Waals surface area contributed by atoms with Gasteiger partial charge in [0.15, 0.2) is 0 Å². The first kappa shape index (κ1) is 17.9. The van der Waals surface area contributed by atoms with Gasteiger partial charge < -0.3 is 5.32 Å². The molecule has 1 heterocycles. The lowest BCUT2D eigenvalue weighted by Gasteiger charge is -2.12. The standard InChI is InChI=1S/C24H21N3O/c1-15-6-4-8-17(12-15)22-23(18-9-5-7-16(2)13-18)27-21-14-19(24(28)25-3)10-11-20(21)26-22/h4-14H,1-3H3,(H,25,28). The Bertz CT molecular complexity index is 1200. The first-order valence-electron chi connectivity index (χ1n) is 9.23. The normalized spacial score (nSPS) is 10.8. The minimum Gasteiger partial charge on any atom is -0.355 e. The Morgan fingerprint density at radius 2 is 1.32 bits per heavy atom. The molecule has 0 bridgehead atoms. The van der Waals surface area contributed by atoms with Crippen LogP contribution in [0.4, 0.5) is 0 Å². The van der Waals surface area contributed by atoms with Crippen molar-refractivity contribution in [3.63, 3.8) is 0 Å². The van der Waals surface area contributed by atoms with E-state index in [0.29, 0.717) is 11.1 Å². The van der Waals surface area contributed by atoms with E-state index in [1.54, 1.807) is 19.2 Å². The Balaban J connectivity index is 2.00. The summed E-state index contributed by atoms with van der Waals surface area (Å²) in [6.07, 6.45) is 0. The first-order valence-corrected chi connectivity index (χ1v) is 9.23. The Morgan fingerprint density at radius 3 is 1.86 bits per heavy atom. The SMILES string of the molecule is CNC(=O)c1ccc2nc(-c3cccc(C)c3)c(-c3cccc(C)c3)nc2c1. The van der Waals surface area contributed by atoms with E-state index in [0.717, 1.165) is 33.6 Å². The molecule has 138 valence electrons. The number of nitrogens with zero attached hydrogens (tertiary/aromatic N) is 2. The Morgan fingerprint density at radius 1 is 0.750 bits per heavy atom. The van der Waals surface area contributed by atoms with E-state index in [2.05, 4.69) is 49.5 Å². The van der Waals surface area contributed by atoms with Crippen molar-refractivity contribution in [3.05, 3.63) is 83.4 Å². The molecule has 0 atom stereocenters. The van der Waals surface area contributed by atoms with E-state index in [9.17, 15) is 4.79 Å². The molecule has 0 aliphatic rings. The number of hydrogen-bond donors (Lipinski definition) is 1. The van der Waals surface area contributed by atoms with E-state index in [-0.39, 0.29) is 5.91 Å². The molecule has 0 spiro atoms. The summed E-state index contributed by atoms with van der Waals surface area (Å²) in [6, 6.07) is 21.9. The topological polar surface area (TPSA) is 54.9 Å². The van der Waals surface area contributed by atoms with Crippen molar-refractivity contribution in [3.8, 4) is 22.5 Å². The van der Waals surface area contributed by atoms with Crippen LogP contribution in [0.5, 0.6) is 0 Å². The van der Waals surface area contributed by atoms with E-state index >= 15 is 0 Å². The number of amides is 1. The van der Waals surface area contributed by atoms with Crippen LogP contribution >= 0.6 is 0 Å². The summed E-state index contributed by atoms with van der Waals surface area (Å²) in [5.41, 5.74) is 8.07. The molecule has 4 heteroatoms. The van der Waals surface area contributed by atoms with Gasteiger partial charge in [-0.15, -0.1) is 0 Å². The summed E-state index contributed by atoms with van der Waals surface area (Å²) in [7, 11) is 1.62. The molecule has 0 fully saturated rings. The molecule has 0 saturated carbocycles. The van der Waals surface area contributed by atoms with Crippen LogP contribution < -0.4 is 5.32 Å². The predicted octanol–water partition coefficient (Wildman–Crippen LogP) is 4.94. The average Bonchev–Trinajstić information content (AvgIpc) is 2.71. The molecule has 28 heavy (non-hydrogen) atoms. The molecule has 4 rings (SSSR count). The number of aromatic nitrogens is 2. The smallest absolute Gasteiger partial charge is 0.251 e. The Labute approximate surface area is 164 Å². The lowest BCUT2D eigenvalue weighted by atomic mass is 10.0. The molecule has 1 aromatic heterocycles. The minimum atomic E-state index is -0.136. The number of carbonyl (C=O) groups is 1. The Hall–Kier alpha value is -3.53. The zero-order chi connectivity index (χ0) is 19.7. The fourth-order valence-electron chi connectivity index (χ4n) is 3.33. The van der Waals surface area contributed by atoms with Gasteiger partial charge in [0.2, 0.25) is 0 Å². The second kappa shape index (κ2) is 7.24. The number of hydrogen-bond acceptors (Lipinski definition) is 3. The molecule has 1 N–H and O–H groups in total. The van der Waals surface area contributed by atoms with Crippen molar-refractivity contribution < 1.29 is 4.79 Å². The molecule has 4 nitrogen and oxygen atoms in total. The second-order valence-corrected chi connectivity index (χ2v) is 6.94. The van der Waals surface area contributed by atoms with E-state index in [4.69, 9.17) is 9.97 Å². The van der Waals surface area contributed by atoms with Gasteiger partial charge in [-0.3, -0.25) is 4.79 Å². The van der Waals surface area contributed by atoms with Crippen molar-refractivity contribution in [2.24, 2.45) is 0 Å². The largest absolute Gasteiger partial charge is 0.355 e. The number of rotatable bonds is 3. The van der Waals surface area contributed by atoms with Gasteiger partial charge in [0.25, 0.3) is 5.91 Å². The van der Waals surface area contributed by atoms with Gasteiger partial charge in [0.05, 0.1) is 22.4 Å². The van der Waals surface area contributed by atoms with E-state index in [1.807, 2.05) is 24.3 Å². The van der Waals surface area contributed by atoms with Gasteiger partial charge in [-0.1, -0.05) is 47.5 Å². The van der Waals surface area contributed by atoms with Crippen LogP contribution in [-0.2, 0) is 0 Å². The number of nitrogens with one attached hydrogen (secondary N) is 1. The van der Waals surface area contributed by atoms with Gasteiger partial charge >= 0.3 is 0 Å². The monoisotopic (exact) mass is 367 g/mol. The number of benzene rings is 3. The number of carbonyl (C=O) groups excluding carboxylic acids is 1. The van der Waals surface area contributed by atoms with Crippen LogP contribution in [0.15, 0.2) is 66.7 Å². The number of aryl methyl sites for hydroxylation is 2. The minimum absolute atomic E-state index is 0.136. The van der Waals surface area contributed by atoms with E-state index in [1.165, 1.54) is 5.56 Å². The van der Waals surface area contributed by atoms with Crippen molar-refractivity contribution in [2.75, 3.05) is 7.05 Å². The van der Waals surface area contributed by atoms with Crippen molar-refractivity contribution in [2.45, 2.75) is 13.8 Å². The molecule has 3 aromatic carbocycles. The maximum atomic E-state index is 12.0. The third-order valence-electron chi connectivity index (χ3n) is 4.74. The molecule has 0 aliphatic heterocycles. The lowest BCUT2D eigenvalue weighted by molar-refractivity contribution is 0.0963. The van der Waals surface area contributed by atoms with Gasteiger partial charge in [0, 0.05) is 23.7 Å². The molecule has 0 radical (unpaired) electrons. The third kappa shape index (κ3) is 3.37. The molecule has 0 unspecified atom stereocenters. The zero-order valence-corrected chi connectivity index (χ0v) is 16.2. The van der Waals surface area contributed by atoms with Crippen molar-refractivity contribution in [1.82, 2.24) is 15.3 Å². The van der Waals surface area contributed by atoms with Crippen molar-refractivity contribution >= 4 is 16.9 Å². The van der Waals surface area contributed by atoms with Crippen LogP contribution in [0, 0.1) is 13.8 Å². The summed E-state index contributed by atoms with van der Waals surface area (Å²) < 4.78 is 0. The molecule has 4 aromatic rings. The fourth-order valence-corrected chi connectivity index (χ4v) is 3.33. The highest BCUT2D eigenvalue weighted by Gasteiger charge is 2.15. The average molecular weight is 367 g/mol. The summed E-state index contributed by atoms with van der Waals surface area (Å²) in [5.74, 6) is -0.136. The molecule has 0 saturated heterocycles. The van der Waals surface area contributed by atoms with Gasteiger partial charge in [0.1, 0.15) is 0 Å². The summed E-state index contributed by atoms with van der Waals surface area (Å²) in [5, 5.41) is 2.66. The van der Waals surface area contributed by atoms with Crippen LogP contribution in [0.3, 0.4) is 0 Å². The molecular weight excluding hydrogens is 346 g/mol. The Kier molecular flexibility index (Phi) is 4.62. The summed E-state index contributed by atoms with van der Waals surface area (Å²) >= 11 is 0. The van der Waals surface area contributed by atoms with Gasteiger partial charge in [-0.05, 0) is 44.2 Å². The van der Waals surface area contributed by atoms with Crippen LogP contribution in [0.2, 0.25) is 0 Å². The third-order valence-corrected chi connectivity index (χ3v) is 4.74.